The highest BCUT2D eigenvalue weighted by molar-refractivity contribution is 5.94. The molecule has 5 heteroatoms. The van der Waals surface area contributed by atoms with E-state index in [2.05, 4.69) is 21.7 Å². The maximum atomic E-state index is 12.6. The summed E-state index contributed by atoms with van der Waals surface area (Å²) in [5, 5.41) is 6.53. The first kappa shape index (κ1) is 19.2. The molecule has 144 valence electrons. The first-order valence-corrected chi connectivity index (χ1v) is 9.87. The fraction of sp³-hybridized carbons (Fsp3) is 0.455. The summed E-state index contributed by atoms with van der Waals surface area (Å²) in [6.45, 7) is 0.766. The standard InChI is InChI=1S/C22H29N3O2/c1-27-21-10-6-7-17(13-21)11-12-24-20-14-18(15-23-16-20)22(26)25-19-8-4-2-3-5-9-19/h6-7,10,13-16,19,24H,2-5,8-9,11-12H2,1H3,(H,25,26). The molecule has 1 heterocycles. The second-order valence-corrected chi connectivity index (χ2v) is 7.15. The number of nitrogens with zero attached hydrogens (tertiary/aromatic N) is 1. The lowest BCUT2D eigenvalue weighted by Crippen LogP contribution is -2.34. The molecule has 27 heavy (non-hydrogen) atoms. The summed E-state index contributed by atoms with van der Waals surface area (Å²) in [5.41, 5.74) is 2.69. The van der Waals surface area contributed by atoms with Crippen LogP contribution in [0.4, 0.5) is 5.69 Å². The number of ether oxygens (including phenoxy) is 1. The molecule has 0 spiro atoms. The summed E-state index contributed by atoms with van der Waals surface area (Å²) in [7, 11) is 1.68. The average Bonchev–Trinajstić information content (AvgIpc) is 2.97. The highest BCUT2D eigenvalue weighted by Gasteiger charge is 2.16. The van der Waals surface area contributed by atoms with Crippen molar-refractivity contribution in [2.75, 3.05) is 19.0 Å². The average molecular weight is 367 g/mol. The minimum atomic E-state index is -0.0224. The Hall–Kier alpha value is -2.56. The largest absolute Gasteiger partial charge is 0.497 e. The second kappa shape index (κ2) is 9.95. The van der Waals surface area contributed by atoms with Crippen molar-refractivity contribution in [2.45, 2.75) is 51.0 Å². The molecule has 0 saturated heterocycles. The van der Waals surface area contributed by atoms with E-state index in [1.165, 1.54) is 31.2 Å². The number of rotatable bonds is 7. The summed E-state index contributed by atoms with van der Waals surface area (Å²) >= 11 is 0. The fourth-order valence-corrected chi connectivity index (χ4v) is 3.53. The van der Waals surface area contributed by atoms with E-state index in [0.29, 0.717) is 11.6 Å². The van der Waals surface area contributed by atoms with Gasteiger partial charge in [0.2, 0.25) is 0 Å². The van der Waals surface area contributed by atoms with Crippen LogP contribution < -0.4 is 15.4 Å². The van der Waals surface area contributed by atoms with Crippen molar-refractivity contribution in [3.8, 4) is 5.75 Å². The Kier molecular flexibility index (Phi) is 7.08. The SMILES string of the molecule is COc1cccc(CCNc2cncc(C(=O)NC3CCCCCC3)c2)c1. The Labute approximate surface area is 161 Å². The number of carbonyl (C=O) groups is 1. The number of carbonyl (C=O) groups excluding carboxylic acids is 1. The van der Waals surface area contributed by atoms with Crippen LogP contribution in [0.3, 0.4) is 0 Å². The summed E-state index contributed by atoms with van der Waals surface area (Å²) < 4.78 is 5.26. The van der Waals surface area contributed by atoms with Gasteiger partial charge in [0.15, 0.2) is 0 Å². The van der Waals surface area contributed by atoms with Crippen LogP contribution in [-0.4, -0.2) is 30.6 Å². The fourth-order valence-electron chi connectivity index (χ4n) is 3.53. The summed E-state index contributed by atoms with van der Waals surface area (Å²) in [4.78, 5) is 16.8. The molecule has 5 nitrogen and oxygen atoms in total. The smallest absolute Gasteiger partial charge is 0.253 e. The van der Waals surface area contributed by atoms with E-state index in [1.807, 2.05) is 24.3 Å². The second-order valence-electron chi connectivity index (χ2n) is 7.15. The van der Waals surface area contributed by atoms with Crippen molar-refractivity contribution in [1.82, 2.24) is 10.3 Å². The third-order valence-corrected chi connectivity index (χ3v) is 5.07. The van der Waals surface area contributed by atoms with E-state index in [4.69, 9.17) is 4.74 Å². The van der Waals surface area contributed by atoms with Crippen molar-refractivity contribution < 1.29 is 9.53 Å². The molecule has 3 rings (SSSR count). The third-order valence-electron chi connectivity index (χ3n) is 5.07. The Balaban J connectivity index is 1.52. The maximum Gasteiger partial charge on any atom is 0.253 e. The van der Waals surface area contributed by atoms with Gasteiger partial charge >= 0.3 is 0 Å². The number of anilines is 1. The predicted octanol–water partition coefficient (Wildman–Crippen LogP) is 4.20. The van der Waals surface area contributed by atoms with E-state index in [-0.39, 0.29) is 5.91 Å². The quantitative estimate of drug-likeness (QED) is 0.720. The number of nitrogens with one attached hydrogen (secondary N) is 2. The number of amides is 1. The zero-order valence-corrected chi connectivity index (χ0v) is 16.0. The molecule has 1 aromatic heterocycles. The number of benzene rings is 1. The van der Waals surface area contributed by atoms with Gasteiger partial charge in [-0.25, -0.2) is 0 Å². The van der Waals surface area contributed by atoms with Gasteiger partial charge in [0.05, 0.1) is 18.4 Å². The van der Waals surface area contributed by atoms with Gasteiger partial charge in [0.1, 0.15) is 5.75 Å². The van der Waals surface area contributed by atoms with Crippen molar-refractivity contribution in [2.24, 2.45) is 0 Å². The van der Waals surface area contributed by atoms with Crippen LogP contribution in [0.2, 0.25) is 0 Å². The van der Waals surface area contributed by atoms with E-state index < -0.39 is 0 Å². The Bertz CT molecular complexity index is 740. The summed E-state index contributed by atoms with van der Waals surface area (Å²) in [6, 6.07) is 10.2. The van der Waals surface area contributed by atoms with E-state index >= 15 is 0 Å². The number of methoxy groups -OCH3 is 1. The van der Waals surface area contributed by atoms with Gasteiger partial charge in [-0.2, -0.15) is 0 Å². The summed E-state index contributed by atoms with van der Waals surface area (Å²) in [6.07, 6.45) is 11.4. The molecule has 0 radical (unpaired) electrons. The maximum absolute atomic E-state index is 12.6. The van der Waals surface area contributed by atoms with Crippen LogP contribution in [0.5, 0.6) is 5.75 Å². The van der Waals surface area contributed by atoms with Crippen molar-refractivity contribution in [3.63, 3.8) is 0 Å². The first-order chi connectivity index (χ1) is 13.2. The Morgan fingerprint density at radius 1 is 1.15 bits per heavy atom. The number of pyridine rings is 1. The van der Waals surface area contributed by atoms with E-state index in [0.717, 1.165) is 37.2 Å². The zero-order valence-electron chi connectivity index (χ0n) is 16.0. The van der Waals surface area contributed by atoms with Crippen molar-refractivity contribution in [3.05, 3.63) is 53.9 Å². The van der Waals surface area contributed by atoms with Crippen LogP contribution in [0, 0.1) is 0 Å². The molecule has 0 unspecified atom stereocenters. The summed E-state index contributed by atoms with van der Waals surface area (Å²) in [5.74, 6) is 0.845. The first-order valence-electron chi connectivity index (χ1n) is 9.87. The number of hydrogen-bond acceptors (Lipinski definition) is 4. The van der Waals surface area contributed by atoms with Crippen molar-refractivity contribution in [1.29, 1.82) is 0 Å². The van der Waals surface area contributed by atoms with E-state index in [1.54, 1.807) is 19.5 Å². The van der Waals surface area contributed by atoms with Crippen LogP contribution in [0.1, 0.15) is 54.4 Å². The van der Waals surface area contributed by atoms with Crippen LogP contribution >= 0.6 is 0 Å². The lowest BCUT2D eigenvalue weighted by molar-refractivity contribution is 0.0933. The topological polar surface area (TPSA) is 63.2 Å². The highest BCUT2D eigenvalue weighted by atomic mass is 16.5. The monoisotopic (exact) mass is 367 g/mol. The van der Waals surface area contributed by atoms with Gasteiger partial charge in [0.25, 0.3) is 5.91 Å². The minimum Gasteiger partial charge on any atom is -0.497 e. The van der Waals surface area contributed by atoms with Gasteiger partial charge in [-0.15, -0.1) is 0 Å². The molecular formula is C22H29N3O2. The number of hydrogen-bond donors (Lipinski definition) is 2. The van der Waals surface area contributed by atoms with Crippen LogP contribution in [0.15, 0.2) is 42.7 Å². The van der Waals surface area contributed by atoms with Crippen molar-refractivity contribution >= 4 is 11.6 Å². The molecule has 0 aliphatic heterocycles. The number of aromatic nitrogens is 1. The highest BCUT2D eigenvalue weighted by Crippen LogP contribution is 2.18. The van der Waals surface area contributed by atoms with Gasteiger partial charge in [-0.1, -0.05) is 37.8 Å². The zero-order chi connectivity index (χ0) is 18.9. The molecule has 1 saturated carbocycles. The molecular weight excluding hydrogens is 338 g/mol. The molecule has 0 atom stereocenters. The molecule has 1 aromatic carbocycles. The van der Waals surface area contributed by atoms with Gasteiger partial charge in [0, 0.05) is 25.0 Å². The van der Waals surface area contributed by atoms with Gasteiger partial charge in [-0.05, 0) is 43.0 Å². The predicted molar refractivity (Wildman–Crippen MR) is 108 cm³/mol. The molecule has 1 aliphatic rings. The molecule has 1 aliphatic carbocycles. The molecule has 2 N–H and O–H groups in total. The van der Waals surface area contributed by atoms with Gasteiger partial charge < -0.3 is 15.4 Å². The Morgan fingerprint density at radius 3 is 2.74 bits per heavy atom. The van der Waals surface area contributed by atoms with E-state index in [9.17, 15) is 4.79 Å². The van der Waals surface area contributed by atoms with Gasteiger partial charge in [-0.3, -0.25) is 9.78 Å². The van der Waals surface area contributed by atoms with Crippen LogP contribution in [0.25, 0.3) is 0 Å². The molecule has 1 amide bonds. The lowest BCUT2D eigenvalue weighted by atomic mass is 10.1. The third kappa shape index (κ3) is 5.98. The lowest BCUT2D eigenvalue weighted by Gasteiger charge is -2.16. The molecule has 2 aromatic rings. The molecule has 0 bridgehead atoms. The Morgan fingerprint density at radius 2 is 1.96 bits per heavy atom. The normalized spacial score (nSPS) is 15.0. The molecule has 1 fully saturated rings. The minimum absolute atomic E-state index is 0.0224. The van der Waals surface area contributed by atoms with Crippen LogP contribution in [-0.2, 0) is 6.42 Å².